The Labute approximate surface area is 163 Å². The predicted molar refractivity (Wildman–Crippen MR) is 104 cm³/mol. The molecule has 3 nitrogen and oxygen atoms in total. The molecule has 2 fully saturated rings. The second kappa shape index (κ2) is 10.4. The number of piperazine rings is 1. The van der Waals surface area contributed by atoms with Crippen LogP contribution in [0.2, 0.25) is 0 Å². The van der Waals surface area contributed by atoms with Crippen LogP contribution in [0.5, 0.6) is 0 Å². The van der Waals surface area contributed by atoms with Gasteiger partial charge in [-0.25, -0.2) is 0 Å². The Morgan fingerprint density at radius 3 is 2.19 bits per heavy atom. The molecule has 1 atom stereocenters. The van der Waals surface area contributed by atoms with E-state index in [4.69, 9.17) is 4.74 Å². The quantitative estimate of drug-likeness (QED) is 0.535. The Hall–Kier alpha value is -0.330. The molecule has 0 amide bonds. The maximum Gasteiger partial charge on any atom is 0.405 e. The molecule has 27 heavy (non-hydrogen) atoms. The summed E-state index contributed by atoms with van der Waals surface area (Å²) in [5, 5.41) is 0. The van der Waals surface area contributed by atoms with Gasteiger partial charge in [-0.15, -0.1) is 0 Å². The van der Waals surface area contributed by atoms with Crippen LogP contribution in [-0.4, -0.2) is 66.4 Å². The van der Waals surface area contributed by atoms with Gasteiger partial charge in [0.25, 0.3) is 0 Å². The zero-order valence-corrected chi connectivity index (χ0v) is 17.6. The molecule has 1 heterocycles. The van der Waals surface area contributed by atoms with Gasteiger partial charge in [0.15, 0.2) is 0 Å². The summed E-state index contributed by atoms with van der Waals surface area (Å²) in [6.45, 7) is 10.1. The maximum atomic E-state index is 13.4. The van der Waals surface area contributed by atoms with Crippen LogP contribution in [-0.2, 0) is 4.74 Å². The Morgan fingerprint density at radius 1 is 0.963 bits per heavy atom. The SMILES string of the molecule is CC(C)OC1CCC(CCCCN2CCN(C(C)C)[C@H](C(F)(F)F)C2)CC1. The second-order valence-corrected chi connectivity index (χ2v) is 9.01. The zero-order chi connectivity index (χ0) is 20.0. The molecule has 0 aromatic carbocycles. The molecule has 6 heteroatoms. The highest BCUT2D eigenvalue weighted by atomic mass is 19.4. The summed E-state index contributed by atoms with van der Waals surface area (Å²) in [5.74, 6) is 0.776. The van der Waals surface area contributed by atoms with E-state index in [2.05, 4.69) is 13.8 Å². The van der Waals surface area contributed by atoms with E-state index >= 15 is 0 Å². The molecule has 2 rings (SSSR count). The average molecular weight is 393 g/mol. The number of alkyl halides is 3. The highest BCUT2D eigenvalue weighted by Gasteiger charge is 2.46. The Balaban J connectivity index is 1.65. The topological polar surface area (TPSA) is 15.7 Å². The lowest BCUT2D eigenvalue weighted by molar-refractivity contribution is -0.202. The first-order valence-corrected chi connectivity index (χ1v) is 10.9. The van der Waals surface area contributed by atoms with Crippen molar-refractivity contribution in [2.24, 2.45) is 5.92 Å². The van der Waals surface area contributed by atoms with Gasteiger partial charge in [-0.2, -0.15) is 13.2 Å². The molecule has 2 aliphatic rings. The Kier molecular flexibility index (Phi) is 8.88. The fourth-order valence-corrected chi connectivity index (χ4v) is 4.68. The molecule has 0 N–H and O–H groups in total. The van der Waals surface area contributed by atoms with E-state index < -0.39 is 12.2 Å². The van der Waals surface area contributed by atoms with Crippen molar-refractivity contribution >= 4 is 0 Å². The summed E-state index contributed by atoms with van der Waals surface area (Å²) in [4.78, 5) is 3.62. The summed E-state index contributed by atoms with van der Waals surface area (Å²) in [6.07, 6.45) is 4.74. The van der Waals surface area contributed by atoms with E-state index in [1.807, 2.05) is 18.7 Å². The lowest BCUT2D eigenvalue weighted by Crippen LogP contribution is -2.60. The number of unbranched alkanes of at least 4 members (excludes halogenated alkanes) is 1. The summed E-state index contributed by atoms with van der Waals surface area (Å²) in [7, 11) is 0. The first-order chi connectivity index (χ1) is 12.7. The van der Waals surface area contributed by atoms with Gasteiger partial charge in [-0.3, -0.25) is 4.90 Å². The summed E-state index contributed by atoms with van der Waals surface area (Å²) >= 11 is 0. The van der Waals surface area contributed by atoms with Gasteiger partial charge in [0.05, 0.1) is 12.2 Å². The van der Waals surface area contributed by atoms with Gasteiger partial charge >= 0.3 is 6.18 Å². The van der Waals surface area contributed by atoms with Gasteiger partial charge < -0.3 is 9.64 Å². The number of hydrogen-bond acceptors (Lipinski definition) is 3. The van der Waals surface area contributed by atoms with Crippen molar-refractivity contribution in [3.8, 4) is 0 Å². The minimum atomic E-state index is -4.14. The van der Waals surface area contributed by atoms with Crippen molar-refractivity contribution in [2.75, 3.05) is 26.2 Å². The van der Waals surface area contributed by atoms with Crippen LogP contribution in [0.15, 0.2) is 0 Å². The fraction of sp³-hybridized carbons (Fsp3) is 1.00. The van der Waals surface area contributed by atoms with Gasteiger partial charge in [0.2, 0.25) is 0 Å². The Bertz CT molecular complexity index is 420. The van der Waals surface area contributed by atoms with Gasteiger partial charge in [0, 0.05) is 25.7 Å². The molecule has 1 aliphatic carbocycles. The van der Waals surface area contributed by atoms with Crippen LogP contribution in [0, 0.1) is 5.92 Å². The van der Waals surface area contributed by atoms with Gasteiger partial charge in [-0.1, -0.05) is 12.8 Å². The maximum absolute atomic E-state index is 13.4. The van der Waals surface area contributed by atoms with Crippen LogP contribution >= 0.6 is 0 Å². The summed E-state index contributed by atoms with van der Waals surface area (Å²) in [6, 6.07) is -1.38. The molecule has 1 aliphatic heterocycles. The van der Waals surface area contributed by atoms with Crippen molar-refractivity contribution in [1.29, 1.82) is 0 Å². The molecule has 0 radical (unpaired) electrons. The third-order valence-corrected chi connectivity index (χ3v) is 6.14. The molecule has 0 aromatic rings. The first kappa shape index (κ1) is 23.0. The molecular formula is C21H39F3N2O. The largest absolute Gasteiger partial charge is 0.405 e. The van der Waals surface area contributed by atoms with E-state index in [1.54, 1.807) is 4.90 Å². The number of ether oxygens (including phenoxy) is 1. The van der Waals surface area contributed by atoms with Crippen molar-refractivity contribution in [3.63, 3.8) is 0 Å². The lowest BCUT2D eigenvalue weighted by Gasteiger charge is -2.44. The average Bonchev–Trinajstić information content (AvgIpc) is 2.58. The second-order valence-electron chi connectivity index (χ2n) is 9.01. The van der Waals surface area contributed by atoms with Crippen molar-refractivity contribution in [3.05, 3.63) is 0 Å². The molecule has 0 unspecified atom stereocenters. The van der Waals surface area contributed by atoms with E-state index in [9.17, 15) is 13.2 Å². The monoisotopic (exact) mass is 392 g/mol. The molecule has 1 saturated heterocycles. The van der Waals surface area contributed by atoms with Crippen LogP contribution in [0.3, 0.4) is 0 Å². The van der Waals surface area contributed by atoms with Crippen LogP contribution in [0.4, 0.5) is 13.2 Å². The predicted octanol–water partition coefficient (Wildman–Crippen LogP) is 5.10. The van der Waals surface area contributed by atoms with E-state index in [-0.39, 0.29) is 12.6 Å². The third-order valence-electron chi connectivity index (χ3n) is 6.14. The van der Waals surface area contributed by atoms with Gasteiger partial charge in [0.1, 0.15) is 6.04 Å². The van der Waals surface area contributed by atoms with Crippen LogP contribution in [0.1, 0.15) is 72.6 Å². The van der Waals surface area contributed by atoms with Crippen molar-refractivity contribution < 1.29 is 17.9 Å². The normalized spacial score (nSPS) is 29.0. The molecule has 1 saturated carbocycles. The minimum absolute atomic E-state index is 0.0615. The molecule has 0 bridgehead atoms. The van der Waals surface area contributed by atoms with E-state index in [1.165, 1.54) is 19.3 Å². The van der Waals surface area contributed by atoms with Crippen LogP contribution < -0.4 is 0 Å². The third kappa shape index (κ3) is 7.54. The molecule has 0 spiro atoms. The smallest absolute Gasteiger partial charge is 0.376 e. The number of rotatable bonds is 8. The highest BCUT2D eigenvalue weighted by Crippen LogP contribution is 2.31. The first-order valence-electron chi connectivity index (χ1n) is 10.9. The number of nitrogens with zero attached hydrogens (tertiary/aromatic N) is 2. The van der Waals surface area contributed by atoms with Gasteiger partial charge in [-0.05, 0) is 72.3 Å². The minimum Gasteiger partial charge on any atom is -0.376 e. The molecule has 160 valence electrons. The fourth-order valence-electron chi connectivity index (χ4n) is 4.68. The number of hydrogen-bond donors (Lipinski definition) is 0. The molecule has 0 aromatic heterocycles. The summed E-state index contributed by atoms with van der Waals surface area (Å²) in [5.41, 5.74) is 0. The highest BCUT2D eigenvalue weighted by molar-refractivity contribution is 4.88. The number of halogens is 3. The zero-order valence-electron chi connectivity index (χ0n) is 17.6. The Morgan fingerprint density at radius 2 is 1.63 bits per heavy atom. The van der Waals surface area contributed by atoms with Crippen molar-refractivity contribution in [2.45, 2.75) is 103 Å². The van der Waals surface area contributed by atoms with Crippen LogP contribution in [0.25, 0.3) is 0 Å². The summed E-state index contributed by atoms with van der Waals surface area (Å²) < 4.78 is 46.1. The standard InChI is InChI=1S/C21H39F3N2O/c1-16(2)26-14-13-25(15-20(26)21(22,23)24)12-6-5-7-18-8-10-19(11-9-18)27-17(3)4/h16-20H,5-15H2,1-4H3/t18?,19?,20-/m0/s1. The van der Waals surface area contributed by atoms with Crippen molar-refractivity contribution in [1.82, 2.24) is 9.80 Å². The van der Waals surface area contributed by atoms with E-state index in [0.717, 1.165) is 44.7 Å². The molecular weight excluding hydrogens is 353 g/mol. The lowest BCUT2D eigenvalue weighted by atomic mass is 9.84. The van der Waals surface area contributed by atoms with E-state index in [0.29, 0.717) is 18.8 Å².